The molecule has 1 rings (SSSR count). The number of methoxy groups -OCH3 is 1. The van der Waals surface area contributed by atoms with Gasteiger partial charge in [0.2, 0.25) is 10.0 Å². The van der Waals surface area contributed by atoms with Crippen molar-refractivity contribution in [3.63, 3.8) is 0 Å². The van der Waals surface area contributed by atoms with Crippen LogP contribution >= 0.6 is 0 Å². The van der Waals surface area contributed by atoms with Gasteiger partial charge < -0.3 is 9.84 Å². The molecule has 0 heterocycles. The topological polar surface area (TPSA) is 92.7 Å². The summed E-state index contributed by atoms with van der Waals surface area (Å²) in [4.78, 5) is 11.1. The van der Waals surface area contributed by atoms with Gasteiger partial charge in [-0.1, -0.05) is 0 Å². The number of phenols is 1. The molecular formula is C10H12FNO5S. The monoisotopic (exact) mass is 277 g/mol. The van der Waals surface area contributed by atoms with Crippen molar-refractivity contribution in [1.82, 2.24) is 0 Å². The van der Waals surface area contributed by atoms with Gasteiger partial charge in [-0.2, -0.15) is 0 Å². The molecule has 0 spiro atoms. The number of aromatic hydroxyl groups is 1. The van der Waals surface area contributed by atoms with Crippen LogP contribution in [0.15, 0.2) is 18.2 Å². The number of ether oxygens (including phenoxy) is 1. The Morgan fingerprint density at radius 1 is 1.50 bits per heavy atom. The van der Waals surface area contributed by atoms with Crippen LogP contribution in [-0.4, -0.2) is 31.9 Å². The zero-order chi connectivity index (χ0) is 13.9. The van der Waals surface area contributed by atoms with E-state index < -0.39 is 32.8 Å². The zero-order valence-corrected chi connectivity index (χ0v) is 10.5. The first-order valence-corrected chi connectivity index (χ1v) is 6.40. The Morgan fingerprint density at radius 3 is 2.61 bits per heavy atom. The minimum absolute atomic E-state index is 0.0962. The number of esters is 1. The van der Waals surface area contributed by atoms with Crippen LogP contribution in [0, 0.1) is 5.82 Å². The summed E-state index contributed by atoms with van der Waals surface area (Å²) in [5, 5.41) is 7.52. The summed E-state index contributed by atoms with van der Waals surface area (Å²) in [6, 6.07) is 2.97. The van der Waals surface area contributed by atoms with E-state index >= 15 is 0 Å². The van der Waals surface area contributed by atoms with Gasteiger partial charge in [-0.15, -0.1) is 0 Å². The fourth-order valence-electron chi connectivity index (χ4n) is 1.12. The molecule has 100 valence electrons. The summed E-state index contributed by atoms with van der Waals surface area (Å²) in [5.74, 6) is -2.50. The van der Waals surface area contributed by atoms with Gasteiger partial charge in [0.05, 0.1) is 12.8 Å². The highest BCUT2D eigenvalue weighted by atomic mass is 32.2. The maximum absolute atomic E-state index is 13.0. The van der Waals surface area contributed by atoms with E-state index in [1.54, 1.807) is 0 Å². The highest BCUT2D eigenvalue weighted by Crippen LogP contribution is 2.21. The lowest BCUT2D eigenvalue weighted by atomic mass is 10.3. The molecule has 1 aromatic carbocycles. The summed E-state index contributed by atoms with van der Waals surface area (Å²) >= 11 is 0. The number of carbonyl (C=O) groups is 1. The van der Waals surface area contributed by atoms with E-state index in [9.17, 15) is 17.6 Å². The third kappa shape index (κ3) is 3.10. The number of benzene rings is 1. The Labute approximate surface area is 103 Å². The van der Waals surface area contributed by atoms with E-state index in [1.807, 2.05) is 4.72 Å². The van der Waals surface area contributed by atoms with Gasteiger partial charge >= 0.3 is 5.97 Å². The molecule has 0 aliphatic carbocycles. The first-order chi connectivity index (χ1) is 8.27. The molecule has 0 aliphatic rings. The van der Waals surface area contributed by atoms with Gasteiger partial charge in [0.25, 0.3) is 0 Å². The average molecular weight is 277 g/mol. The number of hydrogen-bond donors (Lipinski definition) is 2. The predicted octanol–water partition coefficient (Wildman–Crippen LogP) is 0.834. The van der Waals surface area contributed by atoms with Crippen molar-refractivity contribution < 1.29 is 27.4 Å². The molecule has 18 heavy (non-hydrogen) atoms. The number of sulfonamides is 1. The second kappa shape index (κ2) is 5.21. The van der Waals surface area contributed by atoms with Gasteiger partial charge in [0.1, 0.15) is 0 Å². The minimum atomic E-state index is -4.03. The molecule has 1 unspecified atom stereocenters. The lowest BCUT2D eigenvalue weighted by Gasteiger charge is -2.13. The third-order valence-electron chi connectivity index (χ3n) is 2.21. The highest BCUT2D eigenvalue weighted by Gasteiger charge is 2.28. The second-order valence-electron chi connectivity index (χ2n) is 3.48. The van der Waals surface area contributed by atoms with E-state index in [2.05, 4.69) is 4.74 Å². The molecule has 1 aromatic rings. The number of hydrogen-bond acceptors (Lipinski definition) is 5. The fraction of sp³-hybridized carbons (Fsp3) is 0.300. The molecule has 0 radical (unpaired) electrons. The molecule has 2 N–H and O–H groups in total. The van der Waals surface area contributed by atoms with Crippen LogP contribution in [-0.2, 0) is 19.6 Å². The molecule has 6 nitrogen and oxygen atoms in total. The Hall–Kier alpha value is -1.83. The minimum Gasteiger partial charge on any atom is -0.505 e. The van der Waals surface area contributed by atoms with Crippen LogP contribution in [0.2, 0.25) is 0 Å². The molecule has 0 fully saturated rings. The van der Waals surface area contributed by atoms with E-state index in [0.29, 0.717) is 0 Å². The molecule has 0 bridgehead atoms. The van der Waals surface area contributed by atoms with Gasteiger partial charge in [-0.05, 0) is 19.1 Å². The maximum Gasteiger partial charge on any atom is 0.325 e. The molecular weight excluding hydrogens is 265 g/mol. The van der Waals surface area contributed by atoms with Crippen LogP contribution in [0.1, 0.15) is 6.92 Å². The van der Waals surface area contributed by atoms with Crippen molar-refractivity contribution in [1.29, 1.82) is 0 Å². The number of rotatable bonds is 4. The Balaban J connectivity index is 2.95. The molecule has 0 aromatic heterocycles. The van der Waals surface area contributed by atoms with Crippen LogP contribution in [0.25, 0.3) is 0 Å². The SMILES string of the molecule is COC(=O)C(C)S(=O)(=O)Nc1ccc(O)c(F)c1. The maximum atomic E-state index is 13.0. The largest absolute Gasteiger partial charge is 0.505 e. The van der Waals surface area contributed by atoms with Crippen molar-refractivity contribution in [2.24, 2.45) is 0 Å². The van der Waals surface area contributed by atoms with Crippen molar-refractivity contribution in [3.05, 3.63) is 24.0 Å². The van der Waals surface area contributed by atoms with Crippen molar-refractivity contribution >= 4 is 21.7 Å². The molecule has 0 saturated carbocycles. The number of phenolic OH excluding ortho intramolecular Hbond substituents is 1. The van der Waals surface area contributed by atoms with Crippen LogP contribution < -0.4 is 4.72 Å². The lowest BCUT2D eigenvalue weighted by Crippen LogP contribution is -2.33. The van der Waals surface area contributed by atoms with Gasteiger partial charge in [-0.25, -0.2) is 12.8 Å². The Morgan fingerprint density at radius 2 is 2.11 bits per heavy atom. The van der Waals surface area contributed by atoms with Crippen LogP contribution in [0.5, 0.6) is 5.75 Å². The first kappa shape index (κ1) is 14.2. The third-order valence-corrected chi connectivity index (χ3v) is 3.85. The van der Waals surface area contributed by atoms with Crippen LogP contribution in [0.4, 0.5) is 10.1 Å². The predicted molar refractivity (Wildman–Crippen MR) is 62.1 cm³/mol. The lowest BCUT2D eigenvalue weighted by molar-refractivity contribution is -0.139. The van der Waals surface area contributed by atoms with Crippen molar-refractivity contribution in [2.75, 3.05) is 11.8 Å². The smallest absolute Gasteiger partial charge is 0.325 e. The summed E-state index contributed by atoms with van der Waals surface area (Å²) in [5.41, 5.74) is -0.0962. The number of nitrogens with one attached hydrogen (secondary N) is 1. The molecule has 8 heteroatoms. The Kier molecular flexibility index (Phi) is 4.12. The summed E-state index contributed by atoms with van der Waals surface area (Å²) < 4.78 is 42.7. The zero-order valence-electron chi connectivity index (χ0n) is 9.68. The molecule has 0 amide bonds. The first-order valence-electron chi connectivity index (χ1n) is 4.86. The number of halogens is 1. The van der Waals surface area contributed by atoms with E-state index in [4.69, 9.17) is 5.11 Å². The average Bonchev–Trinajstić information content (AvgIpc) is 2.31. The van der Waals surface area contributed by atoms with Gasteiger partial charge in [0.15, 0.2) is 16.8 Å². The normalized spacial score (nSPS) is 12.8. The van der Waals surface area contributed by atoms with E-state index in [-0.39, 0.29) is 5.69 Å². The standard InChI is InChI=1S/C10H12FNO5S/c1-6(10(14)17-2)18(15,16)12-7-3-4-9(13)8(11)5-7/h3-6,12-13H,1-2H3. The van der Waals surface area contributed by atoms with Crippen molar-refractivity contribution in [3.8, 4) is 5.75 Å². The summed E-state index contributed by atoms with van der Waals surface area (Å²) in [6.07, 6.45) is 0. The van der Waals surface area contributed by atoms with Crippen LogP contribution in [0.3, 0.4) is 0 Å². The quantitative estimate of drug-likeness (QED) is 0.628. The fourth-order valence-corrected chi connectivity index (χ4v) is 2.10. The highest BCUT2D eigenvalue weighted by molar-refractivity contribution is 7.94. The number of carbonyl (C=O) groups excluding carboxylic acids is 1. The van der Waals surface area contributed by atoms with Crippen molar-refractivity contribution in [2.45, 2.75) is 12.2 Å². The summed E-state index contributed by atoms with van der Waals surface area (Å²) in [6.45, 7) is 1.14. The Bertz CT molecular complexity index is 557. The molecule has 0 saturated heterocycles. The summed E-state index contributed by atoms with van der Waals surface area (Å²) in [7, 11) is -2.96. The molecule has 1 atom stereocenters. The number of anilines is 1. The second-order valence-corrected chi connectivity index (χ2v) is 5.48. The van der Waals surface area contributed by atoms with Gasteiger partial charge in [-0.3, -0.25) is 9.52 Å². The van der Waals surface area contributed by atoms with Gasteiger partial charge in [0, 0.05) is 6.07 Å². The van der Waals surface area contributed by atoms with E-state index in [0.717, 1.165) is 26.2 Å². The van der Waals surface area contributed by atoms with E-state index in [1.165, 1.54) is 6.07 Å². The molecule has 0 aliphatic heterocycles.